The fourth-order valence-corrected chi connectivity index (χ4v) is 1.76. The monoisotopic (exact) mass is 280 g/mol. The van der Waals surface area contributed by atoms with Gasteiger partial charge in [0.15, 0.2) is 0 Å². The third kappa shape index (κ3) is 2.51. The van der Waals surface area contributed by atoms with Crippen molar-refractivity contribution in [2.75, 3.05) is 5.32 Å². The van der Waals surface area contributed by atoms with E-state index in [9.17, 15) is 18.4 Å². The first-order chi connectivity index (χ1) is 9.40. The van der Waals surface area contributed by atoms with Gasteiger partial charge in [-0.3, -0.25) is 4.79 Å². The van der Waals surface area contributed by atoms with Crippen LogP contribution in [0.3, 0.4) is 0 Å². The minimum absolute atomic E-state index is 0.0105. The number of carbonyl (C=O) groups excluding carboxylic acids is 1. The molecule has 104 valence electrons. The molecule has 0 saturated heterocycles. The summed E-state index contributed by atoms with van der Waals surface area (Å²) >= 11 is 0. The maximum atomic E-state index is 13.4. The minimum Gasteiger partial charge on any atom is -0.478 e. The van der Waals surface area contributed by atoms with Crippen molar-refractivity contribution in [3.8, 4) is 0 Å². The van der Waals surface area contributed by atoms with Gasteiger partial charge in [-0.2, -0.15) is 0 Å². The van der Waals surface area contributed by atoms with Crippen molar-refractivity contribution in [3.63, 3.8) is 0 Å². The summed E-state index contributed by atoms with van der Waals surface area (Å²) in [6.07, 6.45) is 1.27. The average Bonchev–Trinajstić information content (AvgIpc) is 2.73. The van der Waals surface area contributed by atoms with Crippen LogP contribution in [0.4, 0.5) is 14.5 Å². The second-order valence-corrected chi connectivity index (χ2v) is 4.09. The van der Waals surface area contributed by atoms with E-state index in [0.29, 0.717) is 5.69 Å². The lowest BCUT2D eigenvalue weighted by Gasteiger charge is -2.06. The van der Waals surface area contributed by atoms with Crippen LogP contribution < -0.4 is 5.32 Å². The van der Waals surface area contributed by atoms with Crippen molar-refractivity contribution >= 4 is 17.6 Å². The van der Waals surface area contributed by atoms with Gasteiger partial charge in [-0.05, 0) is 25.1 Å². The molecule has 2 rings (SSSR count). The second kappa shape index (κ2) is 5.12. The van der Waals surface area contributed by atoms with Crippen LogP contribution in [0.25, 0.3) is 0 Å². The number of benzene rings is 1. The van der Waals surface area contributed by atoms with Crippen LogP contribution in [-0.2, 0) is 0 Å². The number of carboxylic acids is 1. The molecule has 1 aromatic carbocycles. The smallest absolute Gasteiger partial charge is 0.339 e. The van der Waals surface area contributed by atoms with Crippen LogP contribution in [0.5, 0.6) is 0 Å². The molecule has 20 heavy (non-hydrogen) atoms. The Kier molecular flexibility index (Phi) is 3.51. The van der Waals surface area contributed by atoms with Gasteiger partial charge in [0.2, 0.25) is 0 Å². The number of aromatic nitrogens is 1. The molecule has 0 saturated carbocycles. The molecule has 3 N–H and O–H groups in total. The number of rotatable bonds is 3. The van der Waals surface area contributed by atoms with E-state index in [1.54, 1.807) is 0 Å². The van der Waals surface area contributed by atoms with Gasteiger partial charge in [-0.25, -0.2) is 13.6 Å². The summed E-state index contributed by atoms with van der Waals surface area (Å²) < 4.78 is 26.4. The lowest BCUT2D eigenvalue weighted by molar-refractivity contribution is 0.0697. The number of carbonyl (C=O) groups is 2. The number of aromatic amines is 1. The Morgan fingerprint density at radius 2 is 2.00 bits per heavy atom. The van der Waals surface area contributed by atoms with Crippen molar-refractivity contribution in [1.29, 1.82) is 0 Å². The van der Waals surface area contributed by atoms with Gasteiger partial charge in [0.1, 0.15) is 17.2 Å². The van der Waals surface area contributed by atoms with E-state index >= 15 is 0 Å². The first-order valence-corrected chi connectivity index (χ1v) is 5.58. The summed E-state index contributed by atoms with van der Waals surface area (Å²) in [6, 6.07) is 2.45. The molecule has 0 spiro atoms. The number of aromatic carboxylic acids is 1. The van der Waals surface area contributed by atoms with Gasteiger partial charge >= 0.3 is 5.97 Å². The van der Waals surface area contributed by atoms with Crippen LogP contribution >= 0.6 is 0 Å². The highest BCUT2D eigenvalue weighted by atomic mass is 19.1. The van der Waals surface area contributed by atoms with Crippen molar-refractivity contribution in [3.05, 3.63) is 52.9 Å². The zero-order valence-electron chi connectivity index (χ0n) is 10.3. The predicted molar refractivity (Wildman–Crippen MR) is 66.8 cm³/mol. The Morgan fingerprint density at radius 3 is 2.65 bits per heavy atom. The molecule has 1 heterocycles. The quantitative estimate of drug-likeness (QED) is 0.808. The van der Waals surface area contributed by atoms with Gasteiger partial charge in [-0.15, -0.1) is 0 Å². The summed E-state index contributed by atoms with van der Waals surface area (Å²) in [5.41, 5.74) is -0.300. The molecule has 0 atom stereocenters. The Morgan fingerprint density at radius 1 is 1.30 bits per heavy atom. The molecule has 1 amide bonds. The molecule has 0 aliphatic rings. The highest BCUT2D eigenvalue weighted by molar-refractivity contribution is 6.08. The molecule has 0 unspecified atom stereocenters. The topological polar surface area (TPSA) is 82.2 Å². The molecular weight excluding hydrogens is 270 g/mol. The number of hydrogen-bond donors (Lipinski definition) is 3. The molecule has 7 heteroatoms. The van der Waals surface area contributed by atoms with Crippen LogP contribution in [0.2, 0.25) is 0 Å². The Balaban J connectivity index is 2.33. The van der Waals surface area contributed by atoms with E-state index < -0.39 is 29.1 Å². The zero-order chi connectivity index (χ0) is 14.9. The van der Waals surface area contributed by atoms with E-state index in [4.69, 9.17) is 5.11 Å². The van der Waals surface area contributed by atoms with E-state index in [-0.39, 0.29) is 11.3 Å². The van der Waals surface area contributed by atoms with Gasteiger partial charge in [-0.1, -0.05) is 0 Å². The normalized spacial score (nSPS) is 10.3. The minimum atomic E-state index is -1.24. The van der Waals surface area contributed by atoms with Crippen LogP contribution in [0.15, 0.2) is 24.4 Å². The molecule has 5 nitrogen and oxygen atoms in total. The lowest BCUT2D eigenvalue weighted by atomic mass is 10.1. The summed E-state index contributed by atoms with van der Waals surface area (Å²) in [7, 11) is 0. The van der Waals surface area contributed by atoms with Crippen molar-refractivity contribution in [2.45, 2.75) is 6.92 Å². The number of hydrogen-bond acceptors (Lipinski definition) is 2. The molecule has 1 aromatic heterocycles. The fraction of sp³-hybridized carbons (Fsp3) is 0.0769. The van der Waals surface area contributed by atoms with E-state index in [1.807, 2.05) is 0 Å². The Labute approximate surface area is 112 Å². The fourth-order valence-electron chi connectivity index (χ4n) is 1.76. The summed E-state index contributed by atoms with van der Waals surface area (Å²) in [5.74, 6) is -3.82. The maximum Gasteiger partial charge on any atom is 0.339 e. The maximum absolute atomic E-state index is 13.4. The average molecular weight is 280 g/mol. The van der Waals surface area contributed by atoms with Gasteiger partial charge in [0.25, 0.3) is 5.91 Å². The highest BCUT2D eigenvalue weighted by Gasteiger charge is 2.19. The number of aryl methyl sites for hydroxylation is 1. The summed E-state index contributed by atoms with van der Waals surface area (Å²) in [5, 5.41) is 11.3. The number of amides is 1. The van der Waals surface area contributed by atoms with Gasteiger partial charge in [0, 0.05) is 11.9 Å². The summed E-state index contributed by atoms with van der Waals surface area (Å²) in [6.45, 7) is 1.52. The molecule has 0 bridgehead atoms. The predicted octanol–water partition coefficient (Wildman–Crippen LogP) is 2.55. The molecule has 0 aliphatic heterocycles. The van der Waals surface area contributed by atoms with E-state index in [2.05, 4.69) is 10.3 Å². The molecule has 0 aliphatic carbocycles. The van der Waals surface area contributed by atoms with Gasteiger partial charge < -0.3 is 15.4 Å². The molecule has 2 aromatic rings. The van der Waals surface area contributed by atoms with Gasteiger partial charge in [0.05, 0.1) is 11.3 Å². The van der Waals surface area contributed by atoms with Crippen molar-refractivity contribution in [2.24, 2.45) is 0 Å². The number of halogens is 2. The van der Waals surface area contributed by atoms with E-state index in [1.165, 1.54) is 13.1 Å². The zero-order valence-corrected chi connectivity index (χ0v) is 10.3. The second-order valence-electron chi connectivity index (χ2n) is 4.09. The largest absolute Gasteiger partial charge is 0.478 e. The number of H-pyrrole nitrogens is 1. The first kappa shape index (κ1) is 13.7. The Hall–Kier alpha value is -2.70. The molecule has 0 radical (unpaired) electrons. The van der Waals surface area contributed by atoms with Crippen molar-refractivity contribution < 1.29 is 23.5 Å². The molecular formula is C13H10F2N2O3. The van der Waals surface area contributed by atoms with Crippen LogP contribution in [0, 0.1) is 18.6 Å². The van der Waals surface area contributed by atoms with Crippen LogP contribution in [-0.4, -0.2) is 22.0 Å². The molecule has 0 fully saturated rings. The van der Waals surface area contributed by atoms with E-state index in [0.717, 1.165) is 18.2 Å². The third-order valence-electron chi connectivity index (χ3n) is 2.71. The lowest BCUT2D eigenvalue weighted by Crippen LogP contribution is -2.15. The SMILES string of the molecule is Cc1[nH]cc(NC(=O)c2cc(F)ccc2F)c1C(=O)O. The number of carboxylic acid groups (broad SMARTS) is 1. The number of anilines is 1. The highest BCUT2D eigenvalue weighted by Crippen LogP contribution is 2.20. The third-order valence-corrected chi connectivity index (χ3v) is 2.71. The van der Waals surface area contributed by atoms with Crippen LogP contribution in [0.1, 0.15) is 26.4 Å². The number of nitrogens with one attached hydrogen (secondary N) is 2. The summed E-state index contributed by atoms with van der Waals surface area (Å²) in [4.78, 5) is 25.5. The standard InChI is InChI=1S/C13H10F2N2O3/c1-6-11(13(19)20)10(5-16-6)17-12(18)8-4-7(14)2-3-9(8)15/h2-5,16H,1H3,(H,17,18)(H,19,20). The first-order valence-electron chi connectivity index (χ1n) is 5.58. The Bertz CT molecular complexity index is 695. The van der Waals surface area contributed by atoms with Crippen molar-refractivity contribution in [1.82, 2.24) is 4.98 Å².